The van der Waals surface area contributed by atoms with E-state index in [1.54, 1.807) is 18.2 Å². The molecule has 2 aromatic carbocycles. The maximum absolute atomic E-state index is 12.7. The fraction of sp³-hybridized carbons (Fsp3) is 0.381. The van der Waals surface area contributed by atoms with Gasteiger partial charge in [0.15, 0.2) is 0 Å². The Balaban J connectivity index is 2.26. The summed E-state index contributed by atoms with van der Waals surface area (Å²) in [4.78, 5) is 12.7. The largest absolute Gasteiger partial charge is 0.497 e. The van der Waals surface area contributed by atoms with E-state index in [1.165, 1.54) is 14.2 Å². The van der Waals surface area contributed by atoms with Gasteiger partial charge >= 0.3 is 0 Å². The summed E-state index contributed by atoms with van der Waals surface area (Å²) in [5.74, 6) is 0.419. The number of ether oxygens (including phenoxy) is 2. The number of hydrogen-bond donors (Lipinski definition) is 1. The van der Waals surface area contributed by atoms with Crippen LogP contribution in [0.15, 0.2) is 42.5 Å². The SMILES string of the molecule is CCC(NC(=O)CN(c1ccc(OC)cc1OC)S(C)(=O)=O)c1ccc(C)cc1. The predicted molar refractivity (Wildman–Crippen MR) is 114 cm³/mol. The zero-order chi connectivity index (χ0) is 21.6. The molecule has 0 fully saturated rings. The van der Waals surface area contributed by atoms with Gasteiger partial charge in [0.05, 0.1) is 32.2 Å². The Labute approximate surface area is 172 Å². The molecule has 7 nitrogen and oxygen atoms in total. The number of nitrogens with one attached hydrogen (secondary N) is 1. The summed E-state index contributed by atoms with van der Waals surface area (Å²) in [6.07, 6.45) is 1.74. The fourth-order valence-corrected chi connectivity index (χ4v) is 3.82. The summed E-state index contributed by atoms with van der Waals surface area (Å²) in [5, 5.41) is 2.92. The van der Waals surface area contributed by atoms with Crippen LogP contribution < -0.4 is 19.1 Å². The van der Waals surface area contributed by atoms with E-state index in [9.17, 15) is 13.2 Å². The molecule has 29 heavy (non-hydrogen) atoms. The average Bonchev–Trinajstić information content (AvgIpc) is 2.69. The van der Waals surface area contributed by atoms with Gasteiger partial charge in [-0.3, -0.25) is 9.10 Å². The number of methoxy groups -OCH3 is 2. The molecule has 0 aliphatic rings. The monoisotopic (exact) mass is 420 g/mol. The summed E-state index contributed by atoms with van der Waals surface area (Å²) in [7, 11) is -0.786. The van der Waals surface area contributed by atoms with E-state index in [-0.39, 0.29) is 18.3 Å². The number of rotatable bonds is 9. The number of aryl methyl sites for hydroxylation is 1. The van der Waals surface area contributed by atoms with Gasteiger partial charge in [-0.15, -0.1) is 0 Å². The molecule has 158 valence electrons. The number of amides is 1. The minimum Gasteiger partial charge on any atom is -0.497 e. The number of sulfonamides is 1. The zero-order valence-corrected chi connectivity index (χ0v) is 18.2. The molecule has 0 bridgehead atoms. The number of carbonyl (C=O) groups is 1. The van der Waals surface area contributed by atoms with Crippen molar-refractivity contribution >= 4 is 21.6 Å². The normalized spacial score (nSPS) is 12.2. The van der Waals surface area contributed by atoms with Gasteiger partial charge in [0.1, 0.15) is 18.0 Å². The van der Waals surface area contributed by atoms with Crippen molar-refractivity contribution in [2.45, 2.75) is 26.3 Å². The summed E-state index contributed by atoms with van der Waals surface area (Å²) in [6, 6.07) is 12.4. The first-order valence-corrected chi connectivity index (χ1v) is 11.1. The van der Waals surface area contributed by atoms with E-state index < -0.39 is 15.9 Å². The molecular weight excluding hydrogens is 392 g/mol. The van der Waals surface area contributed by atoms with Crippen LogP contribution in [0.5, 0.6) is 11.5 Å². The Morgan fingerprint density at radius 1 is 1.10 bits per heavy atom. The first kappa shape index (κ1) is 22.5. The van der Waals surface area contributed by atoms with Gasteiger partial charge in [-0.1, -0.05) is 36.8 Å². The van der Waals surface area contributed by atoms with Gasteiger partial charge in [-0.05, 0) is 31.0 Å². The Bertz CT molecular complexity index is 942. The summed E-state index contributed by atoms with van der Waals surface area (Å²) < 4.78 is 36.3. The molecule has 2 aromatic rings. The van der Waals surface area contributed by atoms with Gasteiger partial charge in [0, 0.05) is 6.07 Å². The molecule has 0 saturated heterocycles. The summed E-state index contributed by atoms with van der Waals surface area (Å²) >= 11 is 0. The Morgan fingerprint density at radius 2 is 1.76 bits per heavy atom. The van der Waals surface area contributed by atoms with Gasteiger partial charge in [-0.2, -0.15) is 0 Å². The minimum atomic E-state index is -3.73. The molecule has 1 amide bonds. The number of nitrogens with zero attached hydrogens (tertiary/aromatic N) is 1. The van der Waals surface area contributed by atoms with Crippen molar-refractivity contribution in [2.75, 3.05) is 31.3 Å². The first-order chi connectivity index (χ1) is 13.7. The first-order valence-electron chi connectivity index (χ1n) is 9.25. The second kappa shape index (κ2) is 9.65. The Hall–Kier alpha value is -2.74. The zero-order valence-electron chi connectivity index (χ0n) is 17.4. The number of hydrogen-bond acceptors (Lipinski definition) is 5. The molecular formula is C21H28N2O5S. The average molecular weight is 421 g/mol. The van der Waals surface area contributed by atoms with Crippen molar-refractivity contribution in [2.24, 2.45) is 0 Å². The third-order valence-electron chi connectivity index (χ3n) is 4.57. The van der Waals surface area contributed by atoms with Crippen LogP contribution in [0, 0.1) is 6.92 Å². The van der Waals surface area contributed by atoms with Crippen LogP contribution in [-0.4, -0.2) is 41.3 Å². The van der Waals surface area contributed by atoms with Crippen LogP contribution in [0.3, 0.4) is 0 Å². The molecule has 0 spiro atoms. The topological polar surface area (TPSA) is 84.9 Å². The van der Waals surface area contributed by atoms with Crippen molar-refractivity contribution in [3.05, 3.63) is 53.6 Å². The Kier molecular flexibility index (Phi) is 7.50. The van der Waals surface area contributed by atoms with Crippen molar-refractivity contribution in [3.8, 4) is 11.5 Å². The summed E-state index contributed by atoms with van der Waals surface area (Å²) in [6.45, 7) is 3.60. The lowest BCUT2D eigenvalue weighted by atomic mass is 10.0. The fourth-order valence-electron chi connectivity index (χ4n) is 2.96. The van der Waals surface area contributed by atoms with E-state index >= 15 is 0 Å². The van der Waals surface area contributed by atoms with E-state index in [0.29, 0.717) is 17.9 Å². The molecule has 2 rings (SSSR count). The third-order valence-corrected chi connectivity index (χ3v) is 5.69. The maximum atomic E-state index is 12.7. The Morgan fingerprint density at radius 3 is 2.28 bits per heavy atom. The lowest BCUT2D eigenvalue weighted by molar-refractivity contribution is -0.120. The van der Waals surface area contributed by atoms with E-state index in [2.05, 4.69) is 5.32 Å². The van der Waals surface area contributed by atoms with Gasteiger partial charge in [0.25, 0.3) is 0 Å². The van der Waals surface area contributed by atoms with Gasteiger partial charge < -0.3 is 14.8 Å². The van der Waals surface area contributed by atoms with Crippen LogP contribution in [0.2, 0.25) is 0 Å². The standard InChI is InChI=1S/C21H28N2O5S/c1-6-18(16-9-7-15(2)8-10-16)22-21(24)14-23(29(5,25)26)19-12-11-17(27-3)13-20(19)28-4/h7-13,18H,6,14H2,1-5H3,(H,22,24). The molecule has 0 saturated carbocycles. The molecule has 1 unspecified atom stereocenters. The van der Waals surface area contributed by atoms with Crippen LogP contribution in [0.4, 0.5) is 5.69 Å². The number of carbonyl (C=O) groups excluding carboxylic acids is 1. The van der Waals surface area contributed by atoms with Gasteiger partial charge in [0.2, 0.25) is 15.9 Å². The molecule has 1 atom stereocenters. The van der Waals surface area contributed by atoms with E-state index in [4.69, 9.17) is 9.47 Å². The van der Waals surface area contributed by atoms with Crippen molar-refractivity contribution in [3.63, 3.8) is 0 Å². The highest BCUT2D eigenvalue weighted by molar-refractivity contribution is 7.92. The highest BCUT2D eigenvalue weighted by atomic mass is 32.2. The van der Waals surface area contributed by atoms with Gasteiger partial charge in [-0.25, -0.2) is 8.42 Å². The maximum Gasteiger partial charge on any atom is 0.241 e. The molecule has 0 aliphatic heterocycles. The highest BCUT2D eigenvalue weighted by Gasteiger charge is 2.25. The van der Waals surface area contributed by atoms with Crippen LogP contribution in [-0.2, 0) is 14.8 Å². The lowest BCUT2D eigenvalue weighted by Crippen LogP contribution is -2.41. The minimum absolute atomic E-state index is 0.206. The smallest absolute Gasteiger partial charge is 0.241 e. The molecule has 0 aliphatic carbocycles. The van der Waals surface area contributed by atoms with Crippen LogP contribution in [0.1, 0.15) is 30.5 Å². The predicted octanol–water partition coefficient (Wildman–Crippen LogP) is 3.05. The molecule has 0 radical (unpaired) electrons. The highest BCUT2D eigenvalue weighted by Crippen LogP contribution is 2.33. The van der Waals surface area contributed by atoms with Crippen LogP contribution in [0.25, 0.3) is 0 Å². The second-order valence-electron chi connectivity index (χ2n) is 6.75. The molecule has 8 heteroatoms. The quantitative estimate of drug-likeness (QED) is 0.674. The molecule has 1 N–H and O–H groups in total. The lowest BCUT2D eigenvalue weighted by Gasteiger charge is -2.25. The van der Waals surface area contributed by atoms with Crippen LogP contribution >= 0.6 is 0 Å². The molecule has 0 heterocycles. The number of benzene rings is 2. The number of anilines is 1. The third kappa shape index (κ3) is 5.87. The van der Waals surface area contributed by atoms with E-state index in [1.807, 2.05) is 38.1 Å². The van der Waals surface area contributed by atoms with E-state index in [0.717, 1.165) is 21.7 Å². The van der Waals surface area contributed by atoms with Crippen molar-refractivity contribution < 1.29 is 22.7 Å². The summed E-state index contributed by atoms with van der Waals surface area (Å²) in [5.41, 5.74) is 2.37. The second-order valence-corrected chi connectivity index (χ2v) is 8.65. The molecule has 0 aromatic heterocycles. The van der Waals surface area contributed by atoms with Crippen molar-refractivity contribution in [1.82, 2.24) is 5.32 Å². The van der Waals surface area contributed by atoms with Crippen molar-refractivity contribution in [1.29, 1.82) is 0 Å².